The van der Waals surface area contributed by atoms with Crippen LogP contribution in [0.4, 0.5) is 0 Å². The third-order valence-corrected chi connectivity index (χ3v) is 4.03. The van der Waals surface area contributed by atoms with E-state index in [1.807, 2.05) is 36.0 Å². The summed E-state index contributed by atoms with van der Waals surface area (Å²) in [5.41, 5.74) is 0.785. The molecule has 1 saturated heterocycles. The molecule has 1 heterocycles. The second-order valence-electron chi connectivity index (χ2n) is 4.38. The van der Waals surface area contributed by atoms with Crippen LogP contribution in [0.15, 0.2) is 29.2 Å². The van der Waals surface area contributed by atoms with E-state index in [-0.39, 0.29) is 5.78 Å². The van der Waals surface area contributed by atoms with E-state index in [0.717, 1.165) is 44.2 Å². The van der Waals surface area contributed by atoms with E-state index in [9.17, 15) is 4.79 Å². The molecule has 1 aliphatic rings. The van der Waals surface area contributed by atoms with Gasteiger partial charge in [-0.05, 0) is 19.1 Å². The summed E-state index contributed by atoms with van der Waals surface area (Å²) < 4.78 is 5.32. The van der Waals surface area contributed by atoms with Crippen LogP contribution >= 0.6 is 11.8 Å². The Morgan fingerprint density at radius 3 is 2.56 bits per heavy atom. The number of thioether (sulfide) groups is 1. The van der Waals surface area contributed by atoms with Crippen molar-refractivity contribution in [2.75, 3.05) is 38.6 Å². The van der Waals surface area contributed by atoms with Gasteiger partial charge in [0.1, 0.15) is 0 Å². The lowest BCUT2D eigenvalue weighted by molar-refractivity contribution is 0.0410. The lowest BCUT2D eigenvalue weighted by Gasteiger charge is -2.26. The zero-order valence-corrected chi connectivity index (χ0v) is 11.5. The smallest absolute Gasteiger partial charge is 0.159 e. The molecule has 0 aliphatic carbocycles. The highest BCUT2D eigenvalue weighted by Gasteiger charge is 2.09. The molecule has 0 bridgehead atoms. The Hall–Kier alpha value is -0.840. The molecule has 0 N–H and O–H groups in total. The molecule has 98 valence electrons. The Labute approximate surface area is 113 Å². The summed E-state index contributed by atoms with van der Waals surface area (Å²) in [6.45, 7) is 6.51. The largest absolute Gasteiger partial charge is 0.379 e. The fraction of sp³-hybridized carbons (Fsp3) is 0.500. The van der Waals surface area contributed by atoms with Crippen LogP contribution in [-0.4, -0.2) is 49.3 Å². The lowest BCUT2D eigenvalue weighted by Crippen LogP contribution is -2.37. The van der Waals surface area contributed by atoms with Gasteiger partial charge >= 0.3 is 0 Å². The molecule has 1 aromatic carbocycles. The first kappa shape index (κ1) is 13.6. The highest BCUT2D eigenvalue weighted by Crippen LogP contribution is 2.18. The van der Waals surface area contributed by atoms with Crippen molar-refractivity contribution >= 4 is 17.5 Å². The summed E-state index contributed by atoms with van der Waals surface area (Å²) in [5.74, 6) is 1.21. The first-order valence-corrected chi connectivity index (χ1v) is 7.28. The number of hydrogen-bond acceptors (Lipinski definition) is 4. The van der Waals surface area contributed by atoms with Gasteiger partial charge in [0.2, 0.25) is 0 Å². The van der Waals surface area contributed by atoms with Crippen molar-refractivity contribution in [2.24, 2.45) is 0 Å². The third-order valence-electron chi connectivity index (χ3n) is 3.04. The summed E-state index contributed by atoms with van der Waals surface area (Å²) in [6.07, 6.45) is 0. The van der Waals surface area contributed by atoms with Crippen LogP contribution in [0.2, 0.25) is 0 Å². The number of hydrogen-bond donors (Lipinski definition) is 0. The van der Waals surface area contributed by atoms with Crippen LogP contribution in [0, 0.1) is 0 Å². The number of ketones is 1. The molecule has 0 atom stereocenters. The molecule has 0 aromatic heterocycles. The van der Waals surface area contributed by atoms with E-state index in [0.29, 0.717) is 0 Å². The summed E-state index contributed by atoms with van der Waals surface area (Å²) in [6, 6.07) is 7.86. The SMILES string of the molecule is CC(=O)c1ccc(SCCN2CCOCC2)cc1. The normalized spacial score (nSPS) is 16.7. The molecule has 0 unspecified atom stereocenters. The Morgan fingerprint density at radius 1 is 1.28 bits per heavy atom. The third kappa shape index (κ3) is 4.12. The number of rotatable bonds is 5. The number of carbonyl (C=O) groups excluding carboxylic acids is 1. The molecule has 1 aromatic rings. The maximum atomic E-state index is 11.2. The van der Waals surface area contributed by atoms with Crippen molar-refractivity contribution in [3.05, 3.63) is 29.8 Å². The molecule has 0 radical (unpaired) electrons. The van der Waals surface area contributed by atoms with E-state index in [2.05, 4.69) is 4.90 Å². The fourth-order valence-corrected chi connectivity index (χ4v) is 2.82. The molecular formula is C14H19NO2S. The van der Waals surface area contributed by atoms with Gasteiger partial charge in [-0.1, -0.05) is 12.1 Å². The predicted molar refractivity (Wildman–Crippen MR) is 74.4 cm³/mol. The maximum Gasteiger partial charge on any atom is 0.159 e. The van der Waals surface area contributed by atoms with Gasteiger partial charge in [0.05, 0.1) is 13.2 Å². The van der Waals surface area contributed by atoms with Crippen molar-refractivity contribution < 1.29 is 9.53 Å². The number of morpholine rings is 1. The van der Waals surface area contributed by atoms with E-state index >= 15 is 0 Å². The lowest BCUT2D eigenvalue weighted by atomic mass is 10.2. The minimum atomic E-state index is 0.125. The summed E-state index contributed by atoms with van der Waals surface area (Å²) in [7, 11) is 0. The maximum absolute atomic E-state index is 11.2. The van der Waals surface area contributed by atoms with Crippen molar-refractivity contribution in [1.82, 2.24) is 4.90 Å². The van der Waals surface area contributed by atoms with E-state index in [1.165, 1.54) is 4.90 Å². The van der Waals surface area contributed by atoms with Gasteiger partial charge in [-0.3, -0.25) is 9.69 Å². The second kappa shape index (κ2) is 6.92. The Morgan fingerprint density at radius 2 is 1.94 bits per heavy atom. The van der Waals surface area contributed by atoms with Gasteiger partial charge < -0.3 is 4.74 Å². The van der Waals surface area contributed by atoms with Crippen LogP contribution in [0.3, 0.4) is 0 Å². The van der Waals surface area contributed by atoms with Gasteiger partial charge in [0.15, 0.2) is 5.78 Å². The van der Waals surface area contributed by atoms with Gasteiger partial charge in [0.25, 0.3) is 0 Å². The molecule has 3 nitrogen and oxygen atoms in total. The average Bonchev–Trinajstić information content (AvgIpc) is 2.40. The second-order valence-corrected chi connectivity index (χ2v) is 5.55. The standard InChI is InChI=1S/C14H19NO2S/c1-12(16)13-2-4-14(5-3-13)18-11-8-15-6-9-17-10-7-15/h2-5H,6-11H2,1H3. The molecule has 18 heavy (non-hydrogen) atoms. The highest BCUT2D eigenvalue weighted by molar-refractivity contribution is 7.99. The van der Waals surface area contributed by atoms with E-state index < -0.39 is 0 Å². The molecule has 1 aliphatic heterocycles. The van der Waals surface area contributed by atoms with Crippen molar-refractivity contribution in [2.45, 2.75) is 11.8 Å². The quantitative estimate of drug-likeness (QED) is 0.603. The minimum absolute atomic E-state index is 0.125. The van der Waals surface area contributed by atoms with Gasteiger partial charge in [-0.25, -0.2) is 0 Å². The zero-order chi connectivity index (χ0) is 12.8. The number of benzene rings is 1. The monoisotopic (exact) mass is 265 g/mol. The van der Waals surface area contributed by atoms with Crippen molar-refractivity contribution in [1.29, 1.82) is 0 Å². The highest BCUT2D eigenvalue weighted by atomic mass is 32.2. The van der Waals surface area contributed by atoms with Crippen molar-refractivity contribution in [3.63, 3.8) is 0 Å². The summed E-state index contributed by atoms with van der Waals surface area (Å²) >= 11 is 1.84. The topological polar surface area (TPSA) is 29.5 Å². The predicted octanol–water partition coefficient (Wildman–Crippen LogP) is 2.31. The first-order valence-electron chi connectivity index (χ1n) is 6.29. The molecule has 2 rings (SSSR count). The summed E-state index contributed by atoms with van der Waals surface area (Å²) in [5, 5.41) is 0. The molecule has 0 amide bonds. The first-order chi connectivity index (χ1) is 8.75. The van der Waals surface area contributed by atoms with Crippen LogP contribution in [0.25, 0.3) is 0 Å². The number of nitrogens with zero attached hydrogens (tertiary/aromatic N) is 1. The minimum Gasteiger partial charge on any atom is -0.379 e. The Bertz CT molecular complexity index is 385. The van der Waals surface area contributed by atoms with Gasteiger partial charge in [0, 0.05) is 35.8 Å². The van der Waals surface area contributed by atoms with Crippen molar-refractivity contribution in [3.8, 4) is 0 Å². The molecular weight excluding hydrogens is 246 g/mol. The van der Waals surface area contributed by atoms with E-state index in [4.69, 9.17) is 4.74 Å². The number of carbonyl (C=O) groups is 1. The number of ether oxygens (including phenoxy) is 1. The molecule has 1 fully saturated rings. The Balaban J connectivity index is 1.74. The zero-order valence-electron chi connectivity index (χ0n) is 10.7. The van der Waals surface area contributed by atoms with Gasteiger partial charge in [-0.15, -0.1) is 11.8 Å². The van der Waals surface area contributed by atoms with Gasteiger partial charge in [-0.2, -0.15) is 0 Å². The average molecular weight is 265 g/mol. The van der Waals surface area contributed by atoms with E-state index in [1.54, 1.807) is 6.92 Å². The number of Topliss-reactive ketones (excluding diaryl/α,β-unsaturated/α-hetero) is 1. The van der Waals surface area contributed by atoms with Crippen LogP contribution in [0.1, 0.15) is 17.3 Å². The molecule has 4 heteroatoms. The molecule has 0 spiro atoms. The molecule has 0 saturated carbocycles. The van der Waals surface area contributed by atoms with Crippen LogP contribution < -0.4 is 0 Å². The van der Waals surface area contributed by atoms with Crippen LogP contribution in [-0.2, 0) is 4.74 Å². The van der Waals surface area contributed by atoms with Crippen LogP contribution in [0.5, 0.6) is 0 Å². The fourth-order valence-electron chi connectivity index (χ4n) is 1.90. The summed E-state index contributed by atoms with van der Waals surface area (Å²) in [4.78, 5) is 14.8. The Kier molecular flexibility index (Phi) is 5.23.